The number of rotatable bonds is 9. The van der Waals surface area contributed by atoms with E-state index in [2.05, 4.69) is 174 Å². The van der Waals surface area contributed by atoms with E-state index < -0.39 is 0 Å². The third kappa shape index (κ3) is 7.76. The second kappa shape index (κ2) is 16.4. The average Bonchev–Trinajstić information content (AvgIpc) is 3.35. The predicted molar refractivity (Wildman–Crippen MR) is 244 cm³/mol. The predicted octanol–water partition coefficient (Wildman–Crippen LogP) is 13.7. The van der Waals surface area contributed by atoms with Crippen LogP contribution in [0, 0.1) is 0 Å². The molecule has 0 aliphatic carbocycles. The zero-order valence-corrected chi connectivity index (χ0v) is 32.6. The fourth-order valence-electron chi connectivity index (χ4n) is 7.52. The van der Waals surface area contributed by atoms with Gasteiger partial charge in [-0.2, -0.15) is 0 Å². The molecule has 5 heteroatoms. The third-order valence-corrected chi connectivity index (χ3v) is 10.6. The Balaban J connectivity index is 1.14. The van der Waals surface area contributed by atoms with E-state index in [1.165, 1.54) is 0 Å². The van der Waals surface area contributed by atoms with Gasteiger partial charge >= 0.3 is 0 Å². The van der Waals surface area contributed by atoms with Crippen LogP contribution in [-0.4, -0.2) is 24.9 Å². The normalized spacial score (nSPS) is 11.0. The van der Waals surface area contributed by atoms with Crippen molar-refractivity contribution >= 4 is 0 Å². The van der Waals surface area contributed by atoms with Crippen LogP contribution in [0.15, 0.2) is 225 Å². The number of benzene rings is 7. The molecule has 7 aromatic carbocycles. The minimum Gasteiger partial charge on any atom is -0.256 e. The Labute approximate surface area is 349 Å². The highest BCUT2D eigenvalue weighted by atomic mass is 15.0. The summed E-state index contributed by atoms with van der Waals surface area (Å²) in [4.78, 5) is 24.8. The van der Waals surface area contributed by atoms with Crippen molar-refractivity contribution in [3.05, 3.63) is 225 Å². The molecule has 282 valence electrons. The Hall–Kier alpha value is -8.15. The van der Waals surface area contributed by atoms with Gasteiger partial charge in [-0.15, -0.1) is 0 Å². The molecule has 0 bridgehead atoms. The van der Waals surface area contributed by atoms with Crippen LogP contribution in [-0.2, 0) is 0 Å². The van der Waals surface area contributed by atoms with Gasteiger partial charge in [-0.25, -0.2) is 15.0 Å². The van der Waals surface area contributed by atoms with Crippen molar-refractivity contribution in [2.24, 2.45) is 0 Å². The number of aromatic nitrogens is 5. The molecular formula is C55H37N5. The van der Waals surface area contributed by atoms with E-state index in [0.717, 1.165) is 83.7 Å². The van der Waals surface area contributed by atoms with Crippen LogP contribution in [0.4, 0.5) is 0 Å². The van der Waals surface area contributed by atoms with Gasteiger partial charge in [-0.1, -0.05) is 158 Å². The summed E-state index contributed by atoms with van der Waals surface area (Å²) in [6, 6.07) is 73.4. The van der Waals surface area contributed by atoms with Crippen LogP contribution >= 0.6 is 0 Å². The molecule has 10 rings (SSSR count). The lowest BCUT2D eigenvalue weighted by atomic mass is 9.94. The van der Waals surface area contributed by atoms with Crippen molar-refractivity contribution in [3.8, 4) is 101 Å². The summed E-state index contributed by atoms with van der Waals surface area (Å²) in [6.07, 6.45) is 3.65. The molecule has 0 unspecified atom stereocenters. The summed E-state index contributed by atoms with van der Waals surface area (Å²) in [5, 5.41) is 0. The molecule has 3 heterocycles. The summed E-state index contributed by atoms with van der Waals surface area (Å²) >= 11 is 0. The maximum absolute atomic E-state index is 5.25. The number of hydrogen-bond acceptors (Lipinski definition) is 5. The Morgan fingerprint density at radius 2 is 0.517 bits per heavy atom. The Morgan fingerprint density at radius 3 is 0.933 bits per heavy atom. The van der Waals surface area contributed by atoms with E-state index in [0.29, 0.717) is 17.5 Å². The van der Waals surface area contributed by atoms with Crippen LogP contribution in [0.1, 0.15) is 0 Å². The van der Waals surface area contributed by atoms with Crippen LogP contribution in [0.2, 0.25) is 0 Å². The van der Waals surface area contributed by atoms with Crippen molar-refractivity contribution in [2.45, 2.75) is 0 Å². The van der Waals surface area contributed by atoms with Gasteiger partial charge in [0, 0.05) is 40.2 Å². The molecule has 0 spiro atoms. The molecule has 0 radical (unpaired) electrons. The fourth-order valence-corrected chi connectivity index (χ4v) is 7.52. The molecule has 0 N–H and O–H groups in total. The van der Waals surface area contributed by atoms with Crippen molar-refractivity contribution in [2.75, 3.05) is 0 Å². The third-order valence-electron chi connectivity index (χ3n) is 10.6. The van der Waals surface area contributed by atoms with Gasteiger partial charge in [-0.3, -0.25) is 9.97 Å². The molecule has 0 saturated heterocycles. The summed E-state index contributed by atoms with van der Waals surface area (Å²) in [7, 11) is 0. The SMILES string of the molecule is c1ccc(-c2cccc(-c3nc(-c4cccc(-c5ccccc5)c4)nc(-c4cc(-c5ccc(-c6ccccn6)cc5)cc(-c5ccc(-c6ccccn6)cc5)c4)n3)c2)cc1. The fraction of sp³-hybridized carbons (Fsp3) is 0. The largest absolute Gasteiger partial charge is 0.256 e. The molecule has 0 atom stereocenters. The smallest absolute Gasteiger partial charge is 0.164 e. The first-order valence-electron chi connectivity index (χ1n) is 20.0. The second-order valence-corrected chi connectivity index (χ2v) is 14.6. The molecule has 3 aromatic heterocycles. The summed E-state index contributed by atoms with van der Waals surface area (Å²) < 4.78 is 0. The van der Waals surface area contributed by atoms with E-state index in [1.807, 2.05) is 60.9 Å². The molecule has 0 aliphatic heterocycles. The lowest BCUT2D eigenvalue weighted by Crippen LogP contribution is -2.01. The van der Waals surface area contributed by atoms with Gasteiger partial charge in [-0.05, 0) is 99.1 Å². The zero-order valence-electron chi connectivity index (χ0n) is 32.6. The van der Waals surface area contributed by atoms with Crippen molar-refractivity contribution < 1.29 is 0 Å². The summed E-state index contributed by atoms with van der Waals surface area (Å²) in [5.41, 5.74) is 15.4. The first-order valence-corrected chi connectivity index (χ1v) is 20.0. The maximum Gasteiger partial charge on any atom is 0.164 e. The van der Waals surface area contributed by atoms with Crippen LogP contribution in [0.25, 0.3) is 101 Å². The topological polar surface area (TPSA) is 64.5 Å². The number of nitrogens with zero attached hydrogens (tertiary/aromatic N) is 5. The van der Waals surface area contributed by atoms with E-state index >= 15 is 0 Å². The monoisotopic (exact) mass is 767 g/mol. The highest BCUT2D eigenvalue weighted by molar-refractivity contribution is 5.82. The molecule has 0 amide bonds. The second-order valence-electron chi connectivity index (χ2n) is 14.6. The van der Waals surface area contributed by atoms with Crippen molar-refractivity contribution in [3.63, 3.8) is 0 Å². The van der Waals surface area contributed by atoms with E-state index in [4.69, 9.17) is 15.0 Å². The summed E-state index contributed by atoms with van der Waals surface area (Å²) in [5.74, 6) is 1.79. The standard InChI is InChI=1S/C55H37N5/c1-3-13-38(14-4-1)44-17-11-19-46(33-44)53-58-54(47-20-12-18-45(34-47)39-15-5-2-6-16-39)60-55(59-53)50-36-48(40-23-27-42(28-24-40)51-21-7-9-31-56-51)35-49(37-50)41-25-29-43(30-26-41)52-22-8-10-32-57-52/h1-37H. The van der Waals surface area contributed by atoms with Gasteiger partial charge in [0.25, 0.3) is 0 Å². The molecule has 0 saturated carbocycles. The summed E-state index contributed by atoms with van der Waals surface area (Å²) in [6.45, 7) is 0. The zero-order chi connectivity index (χ0) is 40.1. The first kappa shape index (κ1) is 36.2. The van der Waals surface area contributed by atoms with Crippen LogP contribution < -0.4 is 0 Å². The number of hydrogen-bond donors (Lipinski definition) is 0. The Bertz CT molecular complexity index is 2840. The van der Waals surface area contributed by atoms with Gasteiger partial charge in [0.15, 0.2) is 17.5 Å². The van der Waals surface area contributed by atoms with Gasteiger partial charge in [0.05, 0.1) is 11.4 Å². The lowest BCUT2D eigenvalue weighted by Gasteiger charge is -2.14. The van der Waals surface area contributed by atoms with Gasteiger partial charge in [0.2, 0.25) is 0 Å². The maximum atomic E-state index is 5.25. The average molecular weight is 768 g/mol. The molecule has 5 nitrogen and oxygen atoms in total. The Morgan fingerprint density at radius 1 is 0.200 bits per heavy atom. The van der Waals surface area contributed by atoms with Gasteiger partial charge in [0.1, 0.15) is 0 Å². The Kier molecular flexibility index (Phi) is 9.88. The molecule has 0 aliphatic rings. The van der Waals surface area contributed by atoms with E-state index in [1.54, 1.807) is 0 Å². The van der Waals surface area contributed by atoms with E-state index in [-0.39, 0.29) is 0 Å². The highest BCUT2D eigenvalue weighted by Crippen LogP contribution is 2.36. The quantitative estimate of drug-likeness (QED) is 0.146. The highest BCUT2D eigenvalue weighted by Gasteiger charge is 2.16. The lowest BCUT2D eigenvalue weighted by molar-refractivity contribution is 1.07. The van der Waals surface area contributed by atoms with Crippen molar-refractivity contribution in [1.82, 2.24) is 24.9 Å². The van der Waals surface area contributed by atoms with Gasteiger partial charge < -0.3 is 0 Å². The molecule has 10 aromatic rings. The van der Waals surface area contributed by atoms with Crippen LogP contribution in [0.3, 0.4) is 0 Å². The molecular weight excluding hydrogens is 731 g/mol. The minimum atomic E-state index is 0.587. The number of pyridine rings is 2. The van der Waals surface area contributed by atoms with Crippen molar-refractivity contribution in [1.29, 1.82) is 0 Å². The molecule has 60 heavy (non-hydrogen) atoms. The first-order chi connectivity index (χ1) is 29.7. The van der Waals surface area contributed by atoms with E-state index in [9.17, 15) is 0 Å². The molecule has 0 fully saturated rings. The van der Waals surface area contributed by atoms with Crippen LogP contribution in [0.5, 0.6) is 0 Å². The minimum absolute atomic E-state index is 0.587.